The molecule has 1 aromatic heterocycles. The molecule has 0 aliphatic carbocycles. The van der Waals surface area contributed by atoms with Crippen LogP contribution in [0.25, 0.3) is 11.3 Å². The van der Waals surface area contributed by atoms with Crippen molar-refractivity contribution in [1.82, 2.24) is 10.2 Å². The van der Waals surface area contributed by atoms with Crippen molar-refractivity contribution in [2.75, 3.05) is 5.73 Å². The van der Waals surface area contributed by atoms with E-state index in [0.29, 0.717) is 21.4 Å². The van der Waals surface area contributed by atoms with Gasteiger partial charge in [0.2, 0.25) is 0 Å². The highest BCUT2D eigenvalue weighted by Gasteiger charge is 2.13. The summed E-state index contributed by atoms with van der Waals surface area (Å²) in [6, 6.07) is 2.11. The topological polar surface area (TPSA) is 54.7 Å². The van der Waals surface area contributed by atoms with E-state index in [2.05, 4.69) is 26.1 Å². The van der Waals surface area contributed by atoms with Gasteiger partial charge in [0.15, 0.2) is 11.6 Å². The van der Waals surface area contributed by atoms with E-state index in [1.807, 2.05) is 0 Å². The van der Waals surface area contributed by atoms with Gasteiger partial charge in [0.1, 0.15) is 0 Å². The molecule has 3 N–H and O–H groups in total. The van der Waals surface area contributed by atoms with E-state index in [-0.39, 0.29) is 0 Å². The quantitative estimate of drug-likeness (QED) is 0.785. The van der Waals surface area contributed by atoms with E-state index in [9.17, 15) is 8.78 Å². The van der Waals surface area contributed by atoms with Crippen LogP contribution in [0.3, 0.4) is 0 Å². The molecule has 2 rings (SSSR count). The number of nitrogens with zero attached hydrogens (tertiary/aromatic N) is 1. The molecule has 6 heteroatoms. The number of hydrogen-bond acceptors (Lipinski definition) is 2. The molecule has 0 spiro atoms. The minimum absolute atomic E-state index is 0.377. The summed E-state index contributed by atoms with van der Waals surface area (Å²) in [6.45, 7) is 0. The lowest BCUT2D eigenvalue weighted by molar-refractivity contribution is 0.508. The molecule has 15 heavy (non-hydrogen) atoms. The molecule has 0 unspecified atom stereocenters. The molecule has 1 aromatic carbocycles. The predicted octanol–water partition coefficient (Wildman–Crippen LogP) is 2.70. The number of nitrogens with two attached hydrogens (primary N) is 1. The monoisotopic (exact) mass is 273 g/mol. The van der Waals surface area contributed by atoms with Gasteiger partial charge in [-0.2, -0.15) is 5.10 Å². The highest BCUT2D eigenvalue weighted by Crippen LogP contribution is 2.31. The number of aromatic nitrogens is 2. The molecule has 0 aliphatic heterocycles. The Morgan fingerprint density at radius 3 is 2.53 bits per heavy atom. The molecule has 0 bridgehead atoms. The van der Waals surface area contributed by atoms with Crippen LogP contribution in [-0.4, -0.2) is 10.2 Å². The zero-order valence-electron chi connectivity index (χ0n) is 7.39. The molecule has 0 saturated carbocycles. The Balaban J connectivity index is 2.64. The number of nitrogen functional groups attached to an aromatic ring is 1. The second-order valence-electron chi connectivity index (χ2n) is 2.95. The van der Waals surface area contributed by atoms with Gasteiger partial charge in [-0.25, -0.2) is 8.78 Å². The Hall–Kier alpha value is -1.43. The maximum atomic E-state index is 13.0. The molecule has 0 amide bonds. The molecule has 0 saturated heterocycles. The minimum Gasteiger partial charge on any atom is -0.396 e. The average molecular weight is 274 g/mol. The van der Waals surface area contributed by atoms with Crippen LogP contribution in [0.5, 0.6) is 0 Å². The first-order valence-corrected chi connectivity index (χ1v) is 4.82. The zero-order valence-corrected chi connectivity index (χ0v) is 8.98. The van der Waals surface area contributed by atoms with Crippen LogP contribution < -0.4 is 5.73 Å². The molecule has 0 atom stereocenters. The Morgan fingerprint density at radius 2 is 1.93 bits per heavy atom. The van der Waals surface area contributed by atoms with Gasteiger partial charge in [0.25, 0.3) is 0 Å². The molecule has 1 heterocycles. The van der Waals surface area contributed by atoms with Crippen LogP contribution in [-0.2, 0) is 0 Å². The first-order valence-electron chi connectivity index (χ1n) is 4.03. The summed E-state index contributed by atoms with van der Waals surface area (Å²) < 4.78 is 26.3. The third-order valence-electron chi connectivity index (χ3n) is 1.95. The van der Waals surface area contributed by atoms with Crippen LogP contribution >= 0.6 is 15.9 Å². The number of anilines is 1. The third kappa shape index (κ3) is 1.72. The standard InChI is InChI=1S/C9H6BrF2N3/c10-5-2-7(12)6(11)1-4(5)9-8(13)3-14-15-9/h1-3H,13H2,(H,14,15). The van der Waals surface area contributed by atoms with Crippen molar-refractivity contribution in [2.24, 2.45) is 0 Å². The lowest BCUT2D eigenvalue weighted by Crippen LogP contribution is -1.91. The van der Waals surface area contributed by atoms with Crippen molar-refractivity contribution < 1.29 is 8.78 Å². The second kappa shape index (κ2) is 3.62. The Morgan fingerprint density at radius 1 is 1.27 bits per heavy atom. The summed E-state index contributed by atoms with van der Waals surface area (Å²) in [6.07, 6.45) is 1.41. The van der Waals surface area contributed by atoms with Gasteiger partial charge in [0, 0.05) is 10.0 Å². The predicted molar refractivity (Wildman–Crippen MR) is 56.1 cm³/mol. The van der Waals surface area contributed by atoms with Crippen LogP contribution in [0.2, 0.25) is 0 Å². The lowest BCUT2D eigenvalue weighted by atomic mass is 10.1. The fraction of sp³-hybridized carbons (Fsp3) is 0. The summed E-state index contributed by atoms with van der Waals surface area (Å²) in [5, 5.41) is 6.32. The normalized spacial score (nSPS) is 10.6. The molecule has 2 aromatic rings. The summed E-state index contributed by atoms with van der Waals surface area (Å²) in [5.41, 5.74) is 6.87. The molecule has 78 valence electrons. The third-order valence-corrected chi connectivity index (χ3v) is 2.60. The van der Waals surface area contributed by atoms with Gasteiger partial charge in [-0.05, 0) is 28.1 Å². The van der Waals surface area contributed by atoms with E-state index in [1.165, 1.54) is 6.20 Å². The summed E-state index contributed by atoms with van der Waals surface area (Å²) >= 11 is 3.13. The number of H-pyrrole nitrogens is 1. The molecule has 3 nitrogen and oxygen atoms in total. The van der Waals surface area contributed by atoms with Crippen molar-refractivity contribution in [1.29, 1.82) is 0 Å². The Labute approximate surface area is 92.4 Å². The largest absolute Gasteiger partial charge is 0.396 e. The number of hydrogen-bond donors (Lipinski definition) is 2. The first-order chi connectivity index (χ1) is 7.09. The van der Waals surface area contributed by atoms with Gasteiger partial charge >= 0.3 is 0 Å². The smallest absolute Gasteiger partial charge is 0.159 e. The summed E-state index contributed by atoms with van der Waals surface area (Å²) in [4.78, 5) is 0. The number of halogens is 3. The number of nitrogens with one attached hydrogen (secondary N) is 1. The fourth-order valence-corrected chi connectivity index (χ4v) is 1.74. The van der Waals surface area contributed by atoms with Crippen molar-refractivity contribution in [2.45, 2.75) is 0 Å². The van der Waals surface area contributed by atoms with Gasteiger partial charge in [-0.15, -0.1) is 0 Å². The van der Waals surface area contributed by atoms with E-state index < -0.39 is 11.6 Å². The average Bonchev–Trinajstić information content (AvgIpc) is 2.58. The maximum Gasteiger partial charge on any atom is 0.159 e. The molecular formula is C9H6BrF2N3. The Kier molecular flexibility index (Phi) is 2.44. The van der Waals surface area contributed by atoms with E-state index in [4.69, 9.17) is 5.73 Å². The molecular weight excluding hydrogens is 268 g/mol. The van der Waals surface area contributed by atoms with Crippen LogP contribution in [0.4, 0.5) is 14.5 Å². The highest BCUT2D eigenvalue weighted by molar-refractivity contribution is 9.10. The van der Waals surface area contributed by atoms with Gasteiger partial charge in [-0.1, -0.05) is 0 Å². The lowest BCUT2D eigenvalue weighted by Gasteiger charge is -2.04. The SMILES string of the molecule is Nc1cn[nH]c1-c1cc(F)c(F)cc1Br. The first kappa shape index (κ1) is 10.1. The van der Waals surface area contributed by atoms with Crippen LogP contribution in [0, 0.1) is 11.6 Å². The van der Waals surface area contributed by atoms with Gasteiger partial charge in [-0.3, -0.25) is 5.10 Å². The number of rotatable bonds is 1. The van der Waals surface area contributed by atoms with Crippen molar-refractivity contribution >= 4 is 21.6 Å². The van der Waals surface area contributed by atoms with E-state index >= 15 is 0 Å². The van der Waals surface area contributed by atoms with Gasteiger partial charge in [0.05, 0.1) is 17.6 Å². The summed E-state index contributed by atoms with van der Waals surface area (Å²) in [7, 11) is 0. The Bertz CT molecular complexity index is 510. The molecule has 0 radical (unpaired) electrons. The molecule has 0 fully saturated rings. The highest BCUT2D eigenvalue weighted by atomic mass is 79.9. The van der Waals surface area contributed by atoms with Crippen LogP contribution in [0.1, 0.15) is 0 Å². The molecule has 0 aliphatic rings. The van der Waals surface area contributed by atoms with Gasteiger partial charge < -0.3 is 5.73 Å². The number of aromatic amines is 1. The fourth-order valence-electron chi connectivity index (χ4n) is 1.23. The maximum absolute atomic E-state index is 13.0. The zero-order chi connectivity index (χ0) is 11.0. The van der Waals surface area contributed by atoms with Crippen molar-refractivity contribution in [3.63, 3.8) is 0 Å². The van der Waals surface area contributed by atoms with E-state index in [1.54, 1.807) is 0 Å². The van der Waals surface area contributed by atoms with Crippen LogP contribution in [0.15, 0.2) is 22.8 Å². The number of benzene rings is 1. The van der Waals surface area contributed by atoms with E-state index in [0.717, 1.165) is 12.1 Å². The van der Waals surface area contributed by atoms with Crippen molar-refractivity contribution in [3.05, 3.63) is 34.4 Å². The van der Waals surface area contributed by atoms with Crippen molar-refractivity contribution in [3.8, 4) is 11.3 Å². The second-order valence-corrected chi connectivity index (χ2v) is 3.80. The minimum atomic E-state index is -0.929. The summed E-state index contributed by atoms with van der Waals surface area (Å²) in [5.74, 6) is -1.84.